The van der Waals surface area contributed by atoms with Crippen LogP contribution in [0.15, 0.2) is 18.2 Å². The van der Waals surface area contributed by atoms with Crippen molar-refractivity contribution in [2.24, 2.45) is 5.92 Å². The third kappa shape index (κ3) is 5.04. The van der Waals surface area contributed by atoms with Gasteiger partial charge in [0, 0.05) is 13.1 Å². The molecule has 0 aliphatic carbocycles. The topological polar surface area (TPSA) is 84.0 Å². The van der Waals surface area contributed by atoms with Crippen LogP contribution in [-0.4, -0.2) is 57.2 Å². The van der Waals surface area contributed by atoms with Crippen molar-refractivity contribution < 1.29 is 22.7 Å². The number of ether oxygens (including phenoxy) is 1. The largest absolute Gasteiger partial charge is 0.466 e. The lowest BCUT2D eigenvalue weighted by molar-refractivity contribution is -0.151. The van der Waals surface area contributed by atoms with Gasteiger partial charge in [-0.25, -0.2) is 8.42 Å². The molecular weight excluding hydrogens is 380 g/mol. The van der Waals surface area contributed by atoms with Crippen LogP contribution in [0.1, 0.15) is 37.8 Å². The zero-order valence-corrected chi connectivity index (χ0v) is 18.1. The summed E-state index contributed by atoms with van der Waals surface area (Å²) >= 11 is 0. The van der Waals surface area contributed by atoms with E-state index in [0.717, 1.165) is 17.4 Å². The summed E-state index contributed by atoms with van der Waals surface area (Å²) in [6, 6.07) is 4.49. The van der Waals surface area contributed by atoms with Gasteiger partial charge in [-0.1, -0.05) is 6.07 Å². The summed E-state index contributed by atoms with van der Waals surface area (Å²) in [4.78, 5) is 26.5. The lowest BCUT2D eigenvalue weighted by Gasteiger charge is -2.36. The number of amides is 1. The van der Waals surface area contributed by atoms with E-state index in [1.165, 1.54) is 4.31 Å². The van der Waals surface area contributed by atoms with Crippen molar-refractivity contribution in [3.8, 4) is 0 Å². The standard InChI is InChI=1S/C20H30N2O5S/c1-6-27-20(24)17-9-11-21(12-10-17)19(23)16(4)22(28(5,25)26)18-8-7-14(2)15(3)13-18/h7-8,13,16-17H,6,9-12H2,1-5H3. The van der Waals surface area contributed by atoms with E-state index in [4.69, 9.17) is 4.74 Å². The summed E-state index contributed by atoms with van der Waals surface area (Å²) < 4.78 is 31.2. The average molecular weight is 411 g/mol. The van der Waals surface area contributed by atoms with Gasteiger partial charge in [0.2, 0.25) is 15.9 Å². The molecule has 1 heterocycles. The number of piperidine rings is 1. The summed E-state index contributed by atoms with van der Waals surface area (Å²) in [6.45, 7) is 8.40. The number of sulfonamides is 1. The molecule has 1 atom stereocenters. The van der Waals surface area contributed by atoms with E-state index >= 15 is 0 Å². The van der Waals surface area contributed by atoms with Crippen molar-refractivity contribution in [3.05, 3.63) is 29.3 Å². The van der Waals surface area contributed by atoms with Crippen molar-refractivity contribution in [1.29, 1.82) is 0 Å². The minimum atomic E-state index is -3.65. The van der Waals surface area contributed by atoms with Crippen LogP contribution in [0, 0.1) is 19.8 Å². The van der Waals surface area contributed by atoms with Crippen molar-refractivity contribution >= 4 is 27.6 Å². The molecule has 1 aliphatic rings. The minimum absolute atomic E-state index is 0.204. The third-order valence-electron chi connectivity index (χ3n) is 5.24. The summed E-state index contributed by atoms with van der Waals surface area (Å²) in [7, 11) is -3.65. The van der Waals surface area contributed by atoms with Crippen LogP contribution >= 0.6 is 0 Å². The van der Waals surface area contributed by atoms with Gasteiger partial charge in [-0.2, -0.15) is 0 Å². The van der Waals surface area contributed by atoms with Gasteiger partial charge in [0.05, 0.1) is 24.5 Å². The lowest BCUT2D eigenvalue weighted by Crippen LogP contribution is -2.51. The van der Waals surface area contributed by atoms with E-state index in [9.17, 15) is 18.0 Å². The van der Waals surface area contributed by atoms with Crippen molar-refractivity contribution in [1.82, 2.24) is 4.90 Å². The number of anilines is 1. The van der Waals surface area contributed by atoms with Gasteiger partial charge in [0.15, 0.2) is 0 Å². The molecule has 0 spiro atoms. The lowest BCUT2D eigenvalue weighted by atomic mass is 9.96. The maximum atomic E-state index is 13.0. The van der Waals surface area contributed by atoms with Gasteiger partial charge < -0.3 is 9.64 Å². The Morgan fingerprint density at radius 1 is 1.21 bits per heavy atom. The van der Waals surface area contributed by atoms with Gasteiger partial charge in [0.1, 0.15) is 6.04 Å². The number of hydrogen-bond donors (Lipinski definition) is 0. The molecule has 0 saturated carbocycles. The highest BCUT2D eigenvalue weighted by Gasteiger charge is 2.35. The van der Waals surface area contributed by atoms with Crippen molar-refractivity contribution in [3.63, 3.8) is 0 Å². The number of carbonyl (C=O) groups is 2. The van der Waals surface area contributed by atoms with Crippen LogP contribution in [0.4, 0.5) is 5.69 Å². The molecular formula is C20H30N2O5S. The summed E-state index contributed by atoms with van der Waals surface area (Å²) in [5.41, 5.74) is 2.49. The number of aryl methyl sites for hydroxylation is 2. The molecule has 156 valence electrons. The second-order valence-corrected chi connectivity index (χ2v) is 9.21. The maximum Gasteiger partial charge on any atom is 0.309 e. The molecule has 28 heavy (non-hydrogen) atoms. The number of hydrogen-bond acceptors (Lipinski definition) is 5. The van der Waals surface area contributed by atoms with Crippen LogP contribution in [0.5, 0.6) is 0 Å². The highest BCUT2D eigenvalue weighted by molar-refractivity contribution is 7.92. The van der Waals surface area contributed by atoms with Crippen LogP contribution in [0.3, 0.4) is 0 Å². The average Bonchev–Trinajstić information content (AvgIpc) is 2.63. The molecule has 1 unspecified atom stereocenters. The Bertz CT molecular complexity index is 829. The normalized spacial score (nSPS) is 16.5. The molecule has 1 aromatic carbocycles. The van der Waals surface area contributed by atoms with Crippen LogP contribution in [0.2, 0.25) is 0 Å². The van der Waals surface area contributed by atoms with Gasteiger partial charge in [-0.05, 0) is 63.8 Å². The first-order valence-corrected chi connectivity index (χ1v) is 11.4. The van der Waals surface area contributed by atoms with Gasteiger partial charge >= 0.3 is 5.97 Å². The summed E-state index contributed by atoms with van der Waals surface area (Å²) in [6.07, 6.45) is 2.17. The Morgan fingerprint density at radius 3 is 2.32 bits per heavy atom. The Balaban J connectivity index is 2.17. The van der Waals surface area contributed by atoms with E-state index in [0.29, 0.717) is 38.2 Å². The number of esters is 1. The van der Waals surface area contributed by atoms with Crippen LogP contribution in [0.25, 0.3) is 0 Å². The van der Waals surface area contributed by atoms with E-state index in [2.05, 4.69) is 0 Å². The fourth-order valence-electron chi connectivity index (χ4n) is 3.53. The molecule has 0 aromatic heterocycles. The first-order chi connectivity index (χ1) is 13.1. The Labute approximate surface area is 167 Å². The fourth-order valence-corrected chi connectivity index (χ4v) is 4.69. The highest BCUT2D eigenvalue weighted by atomic mass is 32.2. The van der Waals surface area contributed by atoms with E-state index < -0.39 is 16.1 Å². The zero-order valence-electron chi connectivity index (χ0n) is 17.3. The molecule has 0 radical (unpaired) electrons. The summed E-state index contributed by atoms with van der Waals surface area (Å²) in [5, 5.41) is 0. The molecule has 1 amide bonds. The SMILES string of the molecule is CCOC(=O)C1CCN(C(=O)C(C)N(c2ccc(C)c(C)c2)S(C)(=O)=O)CC1. The second kappa shape index (κ2) is 8.94. The van der Waals surface area contributed by atoms with Gasteiger partial charge in [-0.3, -0.25) is 13.9 Å². The molecule has 2 rings (SSSR count). The van der Waals surface area contributed by atoms with Crippen molar-refractivity contribution in [2.75, 3.05) is 30.3 Å². The molecule has 7 nitrogen and oxygen atoms in total. The molecule has 8 heteroatoms. The quantitative estimate of drug-likeness (QED) is 0.672. The predicted octanol–water partition coefficient (Wildman–Crippen LogP) is 2.26. The molecule has 0 N–H and O–H groups in total. The van der Waals surface area contributed by atoms with Gasteiger partial charge in [0.25, 0.3) is 0 Å². The molecule has 1 aromatic rings. The number of rotatable bonds is 6. The van der Waals surface area contributed by atoms with Crippen molar-refractivity contribution in [2.45, 2.75) is 46.6 Å². The van der Waals surface area contributed by atoms with Crippen LogP contribution in [-0.2, 0) is 24.3 Å². The molecule has 1 aliphatic heterocycles. The Kier molecular flexibility index (Phi) is 7.09. The monoisotopic (exact) mass is 410 g/mol. The fraction of sp³-hybridized carbons (Fsp3) is 0.600. The molecule has 1 saturated heterocycles. The minimum Gasteiger partial charge on any atom is -0.466 e. The third-order valence-corrected chi connectivity index (χ3v) is 6.48. The Hall–Kier alpha value is -2.09. The first-order valence-electron chi connectivity index (χ1n) is 9.58. The zero-order chi connectivity index (χ0) is 21.1. The highest BCUT2D eigenvalue weighted by Crippen LogP contribution is 2.26. The predicted molar refractivity (Wildman–Crippen MR) is 109 cm³/mol. The number of benzene rings is 1. The molecule has 1 fully saturated rings. The van der Waals surface area contributed by atoms with E-state index in [1.807, 2.05) is 19.9 Å². The second-order valence-electron chi connectivity index (χ2n) is 7.35. The smallest absolute Gasteiger partial charge is 0.309 e. The molecule has 0 bridgehead atoms. The number of likely N-dealkylation sites (tertiary alicyclic amines) is 1. The summed E-state index contributed by atoms with van der Waals surface area (Å²) in [5.74, 6) is -0.688. The van der Waals surface area contributed by atoms with E-state index in [-0.39, 0.29) is 17.8 Å². The maximum absolute atomic E-state index is 13.0. The number of nitrogens with zero attached hydrogens (tertiary/aromatic N) is 2. The number of carbonyl (C=O) groups excluding carboxylic acids is 2. The van der Waals surface area contributed by atoms with E-state index in [1.54, 1.807) is 30.9 Å². The Morgan fingerprint density at radius 2 is 1.82 bits per heavy atom. The van der Waals surface area contributed by atoms with Gasteiger partial charge in [-0.15, -0.1) is 0 Å². The first kappa shape index (κ1) is 22.2. The van der Waals surface area contributed by atoms with Crippen LogP contribution < -0.4 is 4.31 Å².